The zero-order valence-electron chi connectivity index (χ0n) is 26.2. The molecule has 0 fully saturated rings. The third kappa shape index (κ3) is 13.4. The quantitative estimate of drug-likeness (QED) is 0.0812. The van der Waals surface area contributed by atoms with Crippen LogP contribution in [-0.4, -0.2) is 76.0 Å². The first kappa shape index (κ1) is 36.1. The predicted octanol–water partition coefficient (Wildman–Crippen LogP) is 7.20. The minimum absolute atomic E-state index is 0. The van der Waals surface area contributed by atoms with Crippen LogP contribution in [-0.2, 0) is 17.1 Å². The molecule has 4 rings (SSSR count). The van der Waals surface area contributed by atoms with Gasteiger partial charge in [-0.2, -0.15) is 12.1 Å². The van der Waals surface area contributed by atoms with Crippen LogP contribution >= 0.6 is 0 Å². The first-order chi connectivity index (χ1) is 20.5. The molecule has 0 bridgehead atoms. The minimum Gasteiger partial charge on any atom is -0.748 e. The van der Waals surface area contributed by atoms with Crippen molar-refractivity contribution in [3.05, 3.63) is 120 Å². The molecule has 0 aliphatic rings. The van der Waals surface area contributed by atoms with Gasteiger partial charge in [0.05, 0.1) is 13.2 Å². The van der Waals surface area contributed by atoms with Crippen molar-refractivity contribution in [1.82, 2.24) is 9.80 Å². The average molecular weight is 625 g/mol. The third-order valence-corrected chi connectivity index (χ3v) is 6.78. The van der Waals surface area contributed by atoms with Gasteiger partial charge in [0, 0.05) is 36.8 Å². The fraction of sp³-hybridized carbons (Fsp3) is 0.351. The number of benzene rings is 2. The Kier molecular flexibility index (Phi) is 17.4. The molecule has 5 nitrogen and oxygen atoms in total. The summed E-state index contributed by atoms with van der Waals surface area (Å²) in [7, 11) is 8.31. The Hall–Kier alpha value is -3.12. The van der Waals surface area contributed by atoms with Crippen LogP contribution in [0.3, 0.4) is 0 Å². The summed E-state index contributed by atoms with van der Waals surface area (Å²) in [6.07, 6.45) is 3.49. The Bertz CT molecular complexity index is 1170. The number of nitrogens with zero attached hydrogens (tertiary/aromatic N) is 2. The third-order valence-electron chi connectivity index (χ3n) is 6.78. The molecule has 6 heteroatoms. The molecule has 0 unspecified atom stereocenters. The van der Waals surface area contributed by atoms with Gasteiger partial charge in [0.15, 0.2) is 0 Å². The van der Waals surface area contributed by atoms with Crippen LogP contribution in [0.1, 0.15) is 42.4 Å². The van der Waals surface area contributed by atoms with Gasteiger partial charge in [-0.25, -0.2) is 0 Å². The fourth-order valence-corrected chi connectivity index (χ4v) is 4.66. The van der Waals surface area contributed by atoms with Crippen LogP contribution in [0.5, 0.6) is 11.5 Å². The molecule has 4 aromatic carbocycles. The van der Waals surface area contributed by atoms with E-state index in [9.17, 15) is 5.11 Å². The molecule has 0 saturated carbocycles. The van der Waals surface area contributed by atoms with E-state index in [0.717, 1.165) is 55.0 Å². The van der Waals surface area contributed by atoms with E-state index >= 15 is 0 Å². The molecule has 0 radical (unpaired) electrons. The maximum absolute atomic E-state index is 9.62. The summed E-state index contributed by atoms with van der Waals surface area (Å²) >= 11 is 0. The molecule has 43 heavy (non-hydrogen) atoms. The molecule has 0 aliphatic carbocycles. The number of aliphatic hydroxyl groups is 1. The van der Waals surface area contributed by atoms with Crippen molar-refractivity contribution in [3.63, 3.8) is 0 Å². The molecular formula is C37H48FeN2O3-6. The number of allylic oxidation sites excluding steroid dienone is 1. The summed E-state index contributed by atoms with van der Waals surface area (Å²) < 4.78 is 12.0. The van der Waals surface area contributed by atoms with Crippen molar-refractivity contribution < 1.29 is 31.6 Å². The van der Waals surface area contributed by atoms with E-state index in [0.29, 0.717) is 19.6 Å². The van der Waals surface area contributed by atoms with Gasteiger partial charge >= 0.3 is 0 Å². The SMILES string of the molecule is CN(C)CCCOc1ccc(C(=C(CCCO)[c-]2cccc2)c2ccc(OCCCN(C)C)cc2)cc1.[Fe].[cH-]1[cH-][cH-][cH-][cH-]1. The van der Waals surface area contributed by atoms with Gasteiger partial charge in [0.1, 0.15) is 11.5 Å². The van der Waals surface area contributed by atoms with E-state index in [-0.39, 0.29) is 23.7 Å². The monoisotopic (exact) mass is 624 g/mol. The number of aliphatic hydroxyl groups excluding tert-OH is 1. The van der Waals surface area contributed by atoms with Crippen LogP contribution in [0.15, 0.2) is 103 Å². The summed E-state index contributed by atoms with van der Waals surface area (Å²) in [4.78, 5) is 4.34. The van der Waals surface area contributed by atoms with Crippen molar-refractivity contribution in [2.75, 3.05) is 61.1 Å². The molecule has 0 heterocycles. The van der Waals surface area contributed by atoms with Gasteiger partial charge in [-0.3, -0.25) is 0 Å². The second-order valence-electron chi connectivity index (χ2n) is 10.9. The maximum Gasteiger partial charge on any atom is 0.119 e. The number of hydrogen-bond acceptors (Lipinski definition) is 5. The molecule has 238 valence electrons. The van der Waals surface area contributed by atoms with Crippen LogP contribution in [0.2, 0.25) is 0 Å². The van der Waals surface area contributed by atoms with Gasteiger partial charge in [0.25, 0.3) is 0 Å². The maximum atomic E-state index is 9.62. The Balaban J connectivity index is 0.000000973. The van der Waals surface area contributed by atoms with Gasteiger partial charge < -0.3 is 54.7 Å². The smallest absolute Gasteiger partial charge is 0.119 e. The Labute approximate surface area is 270 Å². The summed E-state index contributed by atoms with van der Waals surface area (Å²) in [5.41, 5.74) is 5.87. The second kappa shape index (κ2) is 20.7. The largest absolute Gasteiger partial charge is 0.748 e. The van der Waals surface area contributed by atoms with E-state index in [2.05, 4.69) is 111 Å². The number of ether oxygens (including phenoxy) is 2. The van der Waals surface area contributed by atoms with Crippen molar-refractivity contribution in [2.24, 2.45) is 0 Å². The molecule has 0 aliphatic heterocycles. The number of hydrogen-bond donors (Lipinski definition) is 1. The molecule has 0 spiro atoms. The first-order valence-electron chi connectivity index (χ1n) is 15.0. The molecule has 0 atom stereocenters. The molecular weight excluding hydrogens is 576 g/mol. The second-order valence-corrected chi connectivity index (χ2v) is 10.9. The van der Waals surface area contributed by atoms with E-state index in [1.807, 2.05) is 30.3 Å². The van der Waals surface area contributed by atoms with Crippen molar-refractivity contribution in [2.45, 2.75) is 25.7 Å². The summed E-state index contributed by atoms with van der Waals surface area (Å²) in [6.45, 7) is 3.58. The van der Waals surface area contributed by atoms with Crippen LogP contribution in [0.4, 0.5) is 0 Å². The topological polar surface area (TPSA) is 45.2 Å². The molecule has 0 saturated heterocycles. The van der Waals surface area contributed by atoms with Gasteiger partial charge in [-0.1, -0.05) is 41.0 Å². The predicted molar refractivity (Wildman–Crippen MR) is 177 cm³/mol. The van der Waals surface area contributed by atoms with E-state index in [4.69, 9.17) is 9.47 Å². The van der Waals surface area contributed by atoms with Gasteiger partial charge in [-0.15, -0.1) is 23.3 Å². The Morgan fingerprint density at radius 3 is 1.47 bits per heavy atom. The summed E-state index contributed by atoms with van der Waals surface area (Å²) in [6, 6.07) is 35.2. The first-order valence-corrected chi connectivity index (χ1v) is 15.0. The van der Waals surface area contributed by atoms with Gasteiger partial charge in [0.2, 0.25) is 0 Å². The van der Waals surface area contributed by atoms with Crippen LogP contribution in [0, 0.1) is 0 Å². The Morgan fingerprint density at radius 2 is 1.09 bits per heavy atom. The standard InChI is InChI=1S/C32H43N2O3.C5H5.Fe/c1-33(2)21-8-24-36-29-17-13-27(14-18-29)32(31(12-7-23-35)26-10-5-6-11-26)28-15-19-30(20-16-28)37-25-9-22-34(3)4;1-2-4-5-3-1;/h5-6,10-11,13-20,35H,7-9,12,21-25H2,1-4H3;1-5H;/q-1;-5;. The van der Waals surface area contributed by atoms with E-state index in [1.54, 1.807) is 0 Å². The van der Waals surface area contributed by atoms with E-state index < -0.39 is 0 Å². The average Bonchev–Trinajstić information content (AvgIpc) is 3.75. The summed E-state index contributed by atoms with van der Waals surface area (Å²) in [5.74, 6) is 1.77. The normalized spacial score (nSPS) is 10.6. The summed E-state index contributed by atoms with van der Waals surface area (Å²) in [5, 5.41) is 9.62. The zero-order chi connectivity index (χ0) is 30.0. The minimum atomic E-state index is 0. The van der Waals surface area contributed by atoms with Crippen molar-refractivity contribution in [1.29, 1.82) is 0 Å². The molecule has 4 aromatic rings. The van der Waals surface area contributed by atoms with Crippen LogP contribution in [0.25, 0.3) is 11.1 Å². The molecule has 1 N–H and O–H groups in total. The number of rotatable bonds is 16. The van der Waals surface area contributed by atoms with Gasteiger partial charge in [-0.05, 0) is 78.1 Å². The van der Waals surface area contributed by atoms with Crippen LogP contribution < -0.4 is 9.47 Å². The van der Waals surface area contributed by atoms with Crippen molar-refractivity contribution >= 4 is 11.1 Å². The van der Waals surface area contributed by atoms with E-state index in [1.165, 1.54) is 16.7 Å². The molecule has 0 amide bonds. The zero-order valence-corrected chi connectivity index (χ0v) is 27.3. The fourth-order valence-electron chi connectivity index (χ4n) is 4.66. The molecule has 0 aromatic heterocycles. The van der Waals surface area contributed by atoms with Crippen molar-refractivity contribution in [3.8, 4) is 11.5 Å². The Morgan fingerprint density at radius 1 is 0.674 bits per heavy atom.